The number of carbonyl (C=O) groups is 1. The highest BCUT2D eigenvalue weighted by atomic mass is 32.1. The van der Waals surface area contributed by atoms with E-state index < -0.39 is 5.41 Å². The predicted molar refractivity (Wildman–Crippen MR) is 86.0 cm³/mol. The molecule has 0 aliphatic heterocycles. The molecule has 3 N–H and O–H groups in total. The van der Waals surface area contributed by atoms with Crippen molar-refractivity contribution >= 4 is 28.8 Å². The summed E-state index contributed by atoms with van der Waals surface area (Å²) in [4.78, 5) is 12.5. The molecular weight excluding hydrogens is 272 g/mol. The van der Waals surface area contributed by atoms with Gasteiger partial charge in [-0.25, -0.2) is 0 Å². The summed E-state index contributed by atoms with van der Waals surface area (Å²) < 4.78 is 5.49. The van der Waals surface area contributed by atoms with Gasteiger partial charge in [0.1, 0.15) is 5.75 Å². The number of amides is 1. The second kappa shape index (κ2) is 7.24. The van der Waals surface area contributed by atoms with Crippen molar-refractivity contribution < 1.29 is 9.53 Å². The van der Waals surface area contributed by atoms with Gasteiger partial charge in [-0.2, -0.15) is 0 Å². The first-order chi connectivity index (χ1) is 9.43. The lowest BCUT2D eigenvalue weighted by atomic mass is 9.86. The first kappa shape index (κ1) is 16.4. The van der Waals surface area contributed by atoms with Gasteiger partial charge in [-0.1, -0.05) is 26.1 Å². The molecule has 1 amide bonds. The van der Waals surface area contributed by atoms with Gasteiger partial charge in [0.05, 0.1) is 17.0 Å². The molecule has 0 spiro atoms. The quantitative estimate of drug-likeness (QED) is 0.758. The average molecular weight is 294 g/mol. The van der Waals surface area contributed by atoms with E-state index in [1.165, 1.54) is 0 Å². The zero-order chi connectivity index (χ0) is 15.2. The van der Waals surface area contributed by atoms with Crippen LogP contribution in [0.15, 0.2) is 24.3 Å². The Morgan fingerprint density at radius 1 is 1.35 bits per heavy atom. The van der Waals surface area contributed by atoms with Crippen molar-refractivity contribution in [2.45, 2.75) is 33.6 Å². The maximum Gasteiger partial charge on any atom is 0.237 e. The third-order valence-corrected chi connectivity index (χ3v) is 3.79. The van der Waals surface area contributed by atoms with Gasteiger partial charge in [-0.05, 0) is 44.0 Å². The zero-order valence-corrected chi connectivity index (χ0v) is 13.0. The molecule has 1 unspecified atom stereocenters. The molecule has 110 valence electrons. The Labute approximate surface area is 125 Å². The second-order valence-corrected chi connectivity index (χ2v) is 5.32. The molecule has 4 nitrogen and oxygen atoms in total. The van der Waals surface area contributed by atoms with Gasteiger partial charge >= 0.3 is 0 Å². The fraction of sp³-hybridized carbons (Fsp3) is 0.467. The van der Waals surface area contributed by atoms with Gasteiger partial charge in [0, 0.05) is 5.69 Å². The number of anilines is 1. The molecule has 0 fully saturated rings. The smallest absolute Gasteiger partial charge is 0.237 e. The second-order valence-electron chi connectivity index (χ2n) is 4.88. The molecular formula is C15H22N2O2S. The van der Waals surface area contributed by atoms with Crippen LogP contribution < -0.4 is 15.8 Å². The number of benzene rings is 1. The third kappa shape index (κ3) is 3.93. The van der Waals surface area contributed by atoms with Gasteiger partial charge < -0.3 is 15.8 Å². The van der Waals surface area contributed by atoms with Crippen LogP contribution in [-0.2, 0) is 4.79 Å². The number of nitrogens with one attached hydrogen (secondary N) is 1. The molecule has 0 heterocycles. The van der Waals surface area contributed by atoms with Crippen LogP contribution in [0.1, 0.15) is 33.6 Å². The summed E-state index contributed by atoms with van der Waals surface area (Å²) in [6.07, 6.45) is 1.52. The highest BCUT2D eigenvalue weighted by Crippen LogP contribution is 2.24. The summed E-state index contributed by atoms with van der Waals surface area (Å²) in [7, 11) is 0. The first-order valence-corrected chi connectivity index (χ1v) is 7.19. The van der Waals surface area contributed by atoms with Crippen molar-refractivity contribution in [3.8, 4) is 5.75 Å². The monoisotopic (exact) mass is 294 g/mol. The molecule has 1 aromatic rings. The normalized spacial score (nSPS) is 13.3. The zero-order valence-electron chi connectivity index (χ0n) is 12.2. The molecule has 0 saturated heterocycles. The molecule has 5 heteroatoms. The lowest BCUT2D eigenvalue weighted by molar-refractivity contribution is -0.121. The summed E-state index contributed by atoms with van der Waals surface area (Å²) in [5, 5.41) is 2.84. The molecule has 0 radical (unpaired) electrons. The topological polar surface area (TPSA) is 64.3 Å². The molecule has 0 saturated carbocycles. The number of carbonyl (C=O) groups excluding carboxylic acids is 1. The van der Waals surface area contributed by atoms with E-state index in [9.17, 15) is 4.79 Å². The number of ether oxygens (including phenoxy) is 1. The average Bonchev–Trinajstić information content (AvgIpc) is 2.45. The van der Waals surface area contributed by atoms with Gasteiger partial charge in [-0.3, -0.25) is 4.79 Å². The van der Waals surface area contributed by atoms with E-state index >= 15 is 0 Å². The first-order valence-electron chi connectivity index (χ1n) is 6.78. The van der Waals surface area contributed by atoms with Crippen molar-refractivity contribution in [1.29, 1.82) is 0 Å². The summed E-state index contributed by atoms with van der Waals surface area (Å²) in [5.41, 5.74) is 5.54. The van der Waals surface area contributed by atoms with Crippen LogP contribution in [0.2, 0.25) is 0 Å². The number of hydrogen-bond donors (Lipinski definition) is 2. The van der Waals surface area contributed by atoms with Crippen molar-refractivity contribution in [3.05, 3.63) is 24.3 Å². The van der Waals surface area contributed by atoms with Crippen LogP contribution in [0, 0.1) is 5.41 Å². The van der Waals surface area contributed by atoms with E-state index in [0.717, 1.165) is 12.2 Å². The van der Waals surface area contributed by atoms with Gasteiger partial charge in [-0.15, -0.1) is 0 Å². The van der Waals surface area contributed by atoms with E-state index in [1.54, 1.807) is 19.1 Å². The standard InChI is InChI=1S/C15H22N2O2S/c1-4-10-19-12-8-6-11(7-9-12)17-14(18)15(3,5-2)13(16)20/h6-9H,4-5,10H2,1-3H3,(H2,16,20)(H,17,18). The Bertz CT molecular complexity index is 473. The Morgan fingerprint density at radius 3 is 2.40 bits per heavy atom. The lowest BCUT2D eigenvalue weighted by Gasteiger charge is -2.25. The fourth-order valence-electron chi connectivity index (χ4n) is 1.57. The number of rotatable bonds is 7. The maximum absolute atomic E-state index is 12.3. The highest BCUT2D eigenvalue weighted by molar-refractivity contribution is 7.80. The molecule has 1 atom stereocenters. The van der Waals surface area contributed by atoms with Gasteiger partial charge in [0.2, 0.25) is 5.91 Å². The van der Waals surface area contributed by atoms with E-state index in [-0.39, 0.29) is 10.9 Å². The Hall–Kier alpha value is -1.62. The van der Waals surface area contributed by atoms with Gasteiger partial charge in [0.25, 0.3) is 0 Å². The van der Waals surface area contributed by atoms with Crippen molar-refractivity contribution in [1.82, 2.24) is 0 Å². The van der Waals surface area contributed by atoms with Crippen LogP contribution in [0.4, 0.5) is 5.69 Å². The summed E-state index contributed by atoms with van der Waals surface area (Å²) >= 11 is 4.99. The predicted octanol–water partition coefficient (Wildman–Crippen LogP) is 3.12. The summed E-state index contributed by atoms with van der Waals surface area (Å²) in [6, 6.07) is 7.27. The van der Waals surface area contributed by atoms with Crippen LogP contribution >= 0.6 is 12.2 Å². The van der Waals surface area contributed by atoms with Gasteiger partial charge in [0.15, 0.2) is 0 Å². The molecule has 0 aromatic heterocycles. The molecule has 0 bridgehead atoms. The number of thiocarbonyl (C=S) groups is 1. The molecule has 1 aromatic carbocycles. The molecule has 0 aliphatic rings. The Morgan fingerprint density at radius 2 is 1.95 bits per heavy atom. The highest BCUT2D eigenvalue weighted by Gasteiger charge is 2.34. The lowest BCUT2D eigenvalue weighted by Crippen LogP contribution is -2.43. The minimum Gasteiger partial charge on any atom is -0.494 e. The van der Waals surface area contributed by atoms with E-state index in [1.807, 2.05) is 19.1 Å². The van der Waals surface area contributed by atoms with Crippen molar-refractivity contribution in [2.75, 3.05) is 11.9 Å². The largest absolute Gasteiger partial charge is 0.494 e. The summed E-state index contributed by atoms with van der Waals surface area (Å²) in [5.74, 6) is 0.604. The Balaban J connectivity index is 2.73. The maximum atomic E-state index is 12.3. The van der Waals surface area contributed by atoms with Crippen molar-refractivity contribution in [2.24, 2.45) is 11.1 Å². The molecule has 20 heavy (non-hydrogen) atoms. The van der Waals surface area contributed by atoms with E-state index in [0.29, 0.717) is 18.7 Å². The van der Waals surface area contributed by atoms with E-state index in [2.05, 4.69) is 12.2 Å². The van der Waals surface area contributed by atoms with Crippen LogP contribution in [-0.4, -0.2) is 17.5 Å². The summed E-state index contributed by atoms with van der Waals surface area (Å²) in [6.45, 7) is 6.38. The molecule has 0 aliphatic carbocycles. The Kier molecular flexibility index (Phi) is 5.95. The van der Waals surface area contributed by atoms with Crippen LogP contribution in [0.5, 0.6) is 5.75 Å². The fourth-order valence-corrected chi connectivity index (χ4v) is 1.81. The minimum atomic E-state index is -0.827. The molecule has 1 rings (SSSR count). The number of nitrogens with two attached hydrogens (primary N) is 1. The van der Waals surface area contributed by atoms with Crippen molar-refractivity contribution in [3.63, 3.8) is 0 Å². The van der Waals surface area contributed by atoms with Crippen LogP contribution in [0.25, 0.3) is 0 Å². The number of hydrogen-bond acceptors (Lipinski definition) is 3. The SMILES string of the molecule is CCCOc1ccc(NC(=O)C(C)(CC)C(N)=S)cc1. The van der Waals surface area contributed by atoms with Crippen LogP contribution in [0.3, 0.4) is 0 Å². The minimum absolute atomic E-state index is 0.185. The van der Waals surface area contributed by atoms with E-state index in [4.69, 9.17) is 22.7 Å². The third-order valence-electron chi connectivity index (χ3n) is 3.34.